The van der Waals surface area contributed by atoms with Crippen molar-refractivity contribution in [2.45, 2.75) is 19.1 Å². The van der Waals surface area contributed by atoms with Gasteiger partial charge in [0.25, 0.3) is 0 Å². The van der Waals surface area contributed by atoms with E-state index in [2.05, 4.69) is 12.1 Å². The number of allylic oxidation sites excluding steroid dienone is 1. The summed E-state index contributed by atoms with van der Waals surface area (Å²) in [6.45, 7) is 0.656. The molecule has 2 rings (SSSR count). The Labute approximate surface area is 90.1 Å². The molecule has 0 aromatic heterocycles. The maximum Gasteiger partial charge on any atom is 0.0799 e. The van der Waals surface area contributed by atoms with Gasteiger partial charge in [-0.1, -0.05) is 42.5 Å². The van der Waals surface area contributed by atoms with Crippen LogP contribution in [0, 0.1) is 0 Å². The van der Waals surface area contributed by atoms with E-state index in [0.717, 1.165) is 12.1 Å². The Balaban J connectivity index is 1.83. The van der Waals surface area contributed by atoms with Crippen LogP contribution in [0.3, 0.4) is 0 Å². The summed E-state index contributed by atoms with van der Waals surface area (Å²) >= 11 is 0. The van der Waals surface area contributed by atoms with E-state index in [1.54, 1.807) is 0 Å². The first-order valence-corrected chi connectivity index (χ1v) is 5.14. The van der Waals surface area contributed by atoms with Crippen LogP contribution in [0.2, 0.25) is 0 Å². The van der Waals surface area contributed by atoms with E-state index in [4.69, 9.17) is 10.5 Å². The molecule has 0 spiro atoms. The Morgan fingerprint density at radius 2 is 2.07 bits per heavy atom. The van der Waals surface area contributed by atoms with Crippen LogP contribution in [0.5, 0.6) is 0 Å². The Hall–Kier alpha value is -1.54. The van der Waals surface area contributed by atoms with E-state index in [1.807, 2.05) is 36.4 Å². The van der Waals surface area contributed by atoms with Gasteiger partial charge in [-0.2, -0.15) is 0 Å². The zero-order valence-electron chi connectivity index (χ0n) is 8.60. The second-order valence-corrected chi connectivity index (χ2v) is 3.63. The van der Waals surface area contributed by atoms with Gasteiger partial charge in [-0.05, 0) is 18.1 Å². The summed E-state index contributed by atoms with van der Waals surface area (Å²) in [5, 5.41) is 0. The lowest BCUT2D eigenvalue weighted by atomic mass is 10.1. The molecular weight excluding hydrogens is 186 g/mol. The van der Waals surface area contributed by atoms with E-state index in [0.29, 0.717) is 6.61 Å². The van der Waals surface area contributed by atoms with Crippen molar-refractivity contribution >= 4 is 0 Å². The van der Waals surface area contributed by atoms with Crippen LogP contribution in [0.25, 0.3) is 0 Å². The molecule has 2 N–H and O–H groups in total. The molecule has 1 aromatic rings. The van der Waals surface area contributed by atoms with E-state index in [-0.39, 0.29) is 6.10 Å². The predicted octanol–water partition coefficient (Wildman–Crippen LogP) is 2.37. The van der Waals surface area contributed by atoms with Crippen LogP contribution in [0.4, 0.5) is 0 Å². The van der Waals surface area contributed by atoms with Gasteiger partial charge in [-0.15, -0.1) is 0 Å². The number of rotatable bonds is 3. The van der Waals surface area contributed by atoms with Crippen molar-refractivity contribution < 1.29 is 4.74 Å². The first-order chi connectivity index (χ1) is 7.34. The monoisotopic (exact) mass is 201 g/mol. The number of hydrogen-bond acceptors (Lipinski definition) is 2. The highest BCUT2D eigenvalue weighted by molar-refractivity contribution is 5.21. The molecule has 0 saturated heterocycles. The fourth-order valence-corrected chi connectivity index (χ4v) is 1.52. The fraction of sp³-hybridized carbons (Fsp3) is 0.231. The first kappa shape index (κ1) is 9.99. The highest BCUT2D eigenvalue weighted by Gasteiger charge is 2.07. The van der Waals surface area contributed by atoms with Gasteiger partial charge in [-0.3, -0.25) is 0 Å². The Kier molecular flexibility index (Phi) is 3.20. The number of ether oxygens (including phenoxy) is 1. The van der Waals surface area contributed by atoms with E-state index in [1.165, 1.54) is 5.56 Å². The van der Waals surface area contributed by atoms with Crippen molar-refractivity contribution in [2.24, 2.45) is 5.73 Å². The second kappa shape index (κ2) is 4.80. The first-order valence-electron chi connectivity index (χ1n) is 5.14. The molecule has 0 radical (unpaired) electrons. The average molecular weight is 201 g/mol. The molecule has 0 aliphatic heterocycles. The van der Waals surface area contributed by atoms with E-state index in [9.17, 15) is 0 Å². The lowest BCUT2D eigenvalue weighted by Gasteiger charge is -2.15. The number of benzene rings is 1. The van der Waals surface area contributed by atoms with Crippen LogP contribution in [0.15, 0.2) is 54.3 Å². The van der Waals surface area contributed by atoms with Crippen molar-refractivity contribution in [3.05, 3.63) is 59.8 Å². The van der Waals surface area contributed by atoms with Crippen LogP contribution < -0.4 is 5.73 Å². The van der Waals surface area contributed by atoms with Crippen LogP contribution in [-0.2, 0) is 11.3 Å². The molecule has 0 heterocycles. The third kappa shape index (κ3) is 2.96. The van der Waals surface area contributed by atoms with E-state index >= 15 is 0 Å². The number of nitrogens with two attached hydrogens (primary N) is 1. The molecule has 1 atom stereocenters. The van der Waals surface area contributed by atoms with Crippen LogP contribution >= 0.6 is 0 Å². The van der Waals surface area contributed by atoms with Crippen molar-refractivity contribution in [3.63, 3.8) is 0 Å². The summed E-state index contributed by atoms with van der Waals surface area (Å²) in [4.78, 5) is 0. The van der Waals surface area contributed by atoms with Gasteiger partial charge in [0.1, 0.15) is 0 Å². The third-order valence-electron chi connectivity index (χ3n) is 2.40. The summed E-state index contributed by atoms with van der Waals surface area (Å²) in [6.07, 6.45) is 6.94. The summed E-state index contributed by atoms with van der Waals surface area (Å²) in [5.41, 5.74) is 7.65. The lowest BCUT2D eigenvalue weighted by molar-refractivity contribution is 0.0730. The van der Waals surface area contributed by atoms with Gasteiger partial charge in [0.2, 0.25) is 0 Å². The molecule has 1 unspecified atom stereocenters. The van der Waals surface area contributed by atoms with Crippen molar-refractivity contribution in [3.8, 4) is 0 Å². The summed E-state index contributed by atoms with van der Waals surface area (Å²) in [7, 11) is 0. The maximum absolute atomic E-state index is 5.73. The SMILES string of the molecule is NC1=CCC(OCc2ccccc2)C=C1. The van der Waals surface area contributed by atoms with Crippen molar-refractivity contribution in [2.75, 3.05) is 0 Å². The molecule has 0 amide bonds. The minimum Gasteiger partial charge on any atom is -0.399 e. The van der Waals surface area contributed by atoms with Gasteiger partial charge in [0.15, 0.2) is 0 Å². The van der Waals surface area contributed by atoms with Gasteiger partial charge >= 0.3 is 0 Å². The van der Waals surface area contributed by atoms with Crippen LogP contribution in [0.1, 0.15) is 12.0 Å². The standard InChI is InChI=1S/C13H15NO/c14-12-6-8-13(9-7-12)15-10-11-4-2-1-3-5-11/h1-8,13H,9-10,14H2. The molecule has 0 bridgehead atoms. The Morgan fingerprint density at radius 3 is 2.73 bits per heavy atom. The molecule has 78 valence electrons. The highest BCUT2D eigenvalue weighted by Crippen LogP contribution is 2.12. The molecular formula is C13H15NO. The summed E-state index contributed by atoms with van der Waals surface area (Å²) in [5.74, 6) is 0. The molecule has 0 saturated carbocycles. The topological polar surface area (TPSA) is 35.2 Å². The zero-order chi connectivity index (χ0) is 10.5. The molecule has 0 fully saturated rings. The molecule has 2 nitrogen and oxygen atoms in total. The Bertz CT molecular complexity index is 367. The lowest BCUT2D eigenvalue weighted by Crippen LogP contribution is -2.13. The summed E-state index contributed by atoms with van der Waals surface area (Å²) in [6, 6.07) is 10.2. The summed E-state index contributed by atoms with van der Waals surface area (Å²) < 4.78 is 5.73. The maximum atomic E-state index is 5.73. The van der Waals surface area contributed by atoms with Crippen LogP contribution in [-0.4, -0.2) is 6.10 Å². The van der Waals surface area contributed by atoms with Gasteiger partial charge in [-0.25, -0.2) is 0 Å². The van der Waals surface area contributed by atoms with Crippen molar-refractivity contribution in [1.82, 2.24) is 0 Å². The van der Waals surface area contributed by atoms with Gasteiger partial charge in [0.05, 0.1) is 12.7 Å². The fourth-order valence-electron chi connectivity index (χ4n) is 1.52. The molecule has 1 aromatic carbocycles. The quantitative estimate of drug-likeness (QED) is 0.814. The minimum absolute atomic E-state index is 0.164. The second-order valence-electron chi connectivity index (χ2n) is 3.63. The minimum atomic E-state index is 0.164. The smallest absolute Gasteiger partial charge is 0.0799 e. The molecule has 1 aliphatic carbocycles. The normalized spacial score (nSPS) is 20.0. The third-order valence-corrected chi connectivity index (χ3v) is 2.40. The largest absolute Gasteiger partial charge is 0.399 e. The average Bonchev–Trinajstić information content (AvgIpc) is 2.30. The molecule has 2 heteroatoms. The molecule has 15 heavy (non-hydrogen) atoms. The van der Waals surface area contributed by atoms with Crippen molar-refractivity contribution in [1.29, 1.82) is 0 Å². The van der Waals surface area contributed by atoms with Gasteiger partial charge < -0.3 is 10.5 Å². The van der Waals surface area contributed by atoms with E-state index < -0.39 is 0 Å². The predicted molar refractivity (Wildman–Crippen MR) is 61.0 cm³/mol. The highest BCUT2D eigenvalue weighted by atomic mass is 16.5. The molecule has 1 aliphatic rings. The number of hydrogen-bond donors (Lipinski definition) is 1. The zero-order valence-corrected chi connectivity index (χ0v) is 8.60. The Morgan fingerprint density at radius 1 is 1.27 bits per heavy atom. The van der Waals surface area contributed by atoms with Gasteiger partial charge in [0, 0.05) is 5.70 Å².